The average molecular weight is 260 g/mol. The zero-order chi connectivity index (χ0) is 13.8. The number of nitrogens with one attached hydrogen (secondary N) is 1. The van der Waals surface area contributed by atoms with Crippen molar-refractivity contribution in [3.05, 3.63) is 53.8 Å². The van der Waals surface area contributed by atoms with Crippen molar-refractivity contribution in [2.45, 2.75) is 0 Å². The molecule has 0 aliphatic carbocycles. The van der Waals surface area contributed by atoms with Crippen LogP contribution in [-0.2, 0) is 0 Å². The Hall–Kier alpha value is -2.40. The van der Waals surface area contributed by atoms with E-state index in [1.54, 1.807) is 30.3 Å². The second-order valence-electron chi connectivity index (χ2n) is 3.90. The maximum atomic E-state index is 12.9. The van der Waals surface area contributed by atoms with Gasteiger partial charge in [0.2, 0.25) is 0 Å². The van der Waals surface area contributed by atoms with E-state index in [1.807, 2.05) is 0 Å². The monoisotopic (exact) mass is 260 g/mol. The van der Waals surface area contributed by atoms with Gasteiger partial charge in [-0.2, -0.15) is 0 Å². The van der Waals surface area contributed by atoms with Crippen molar-refractivity contribution in [3.63, 3.8) is 0 Å². The third-order valence-electron chi connectivity index (χ3n) is 2.75. The number of rotatable bonds is 3. The van der Waals surface area contributed by atoms with Crippen molar-refractivity contribution in [1.82, 2.24) is 5.43 Å². The summed E-state index contributed by atoms with van der Waals surface area (Å²) in [5, 5.41) is 0. The summed E-state index contributed by atoms with van der Waals surface area (Å²) in [4.78, 5) is 11.5. The van der Waals surface area contributed by atoms with Crippen LogP contribution >= 0.6 is 0 Å². The Kier molecular flexibility index (Phi) is 3.77. The SMILES string of the molecule is COc1cc(-c2ccc(F)cc2)ccc1C(=O)NN. The van der Waals surface area contributed by atoms with Crippen LogP contribution in [-0.4, -0.2) is 13.0 Å². The maximum Gasteiger partial charge on any atom is 0.268 e. The molecule has 1 amide bonds. The van der Waals surface area contributed by atoms with E-state index in [2.05, 4.69) is 5.43 Å². The zero-order valence-corrected chi connectivity index (χ0v) is 10.3. The lowest BCUT2D eigenvalue weighted by atomic mass is 10.0. The lowest BCUT2D eigenvalue weighted by Crippen LogP contribution is -2.30. The molecule has 0 atom stereocenters. The maximum absolute atomic E-state index is 12.9. The van der Waals surface area contributed by atoms with Crippen molar-refractivity contribution in [1.29, 1.82) is 0 Å². The van der Waals surface area contributed by atoms with Gasteiger partial charge in [-0.3, -0.25) is 10.2 Å². The molecule has 2 aromatic carbocycles. The Balaban J connectivity index is 2.44. The molecule has 0 radical (unpaired) electrons. The lowest BCUT2D eigenvalue weighted by molar-refractivity contribution is 0.0950. The van der Waals surface area contributed by atoms with Crippen molar-refractivity contribution in [3.8, 4) is 16.9 Å². The lowest BCUT2D eigenvalue weighted by Gasteiger charge is -2.09. The van der Waals surface area contributed by atoms with E-state index < -0.39 is 5.91 Å². The Morgan fingerprint density at radius 2 is 1.79 bits per heavy atom. The molecule has 2 aromatic rings. The van der Waals surface area contributed by atoms with Gasteiger partial charge in [0.25, 0.3) is 5.91 Å². The highest BCUT2D eigenvalue weighted by Gasteiger charge is 2.12. The molecule has 19 heavy (non-hydrogen) atoms. The Morgan fingerprint density at radius 3 is 2.37 bits per heavy atom. The minimum absolute atomic E-state index is 0.296. The fourth-order valence-corrected chi connectivity index (χ4v) is 1.78. The normalized spacial score (nSPS) is 10.1. The van der Waals surface area contributed by atoms with Gasteiger partial charge >= 0.3 is 0 Å². The Bertz CT molecular complexity index is 597. The number of methoxy groups -OCH3 is 1. The number of nitrogens with two attached hydrogens (primary N) is 1. The van der Waals surface area contributed by atoms with E-state index in [0.717, 1.165) is 11.1 Å². The van der Waals surface area contributed by atoms with Gasteiger partial charge in [0.1, 0.15) is 11.6 Å². The molecule has 5 heteroatoms. The highest BCUT2D eigenvalue weighted by molar-refractivity contribution is 5.97. The number of amides is 1. The molecule has 0 bridgehead atoms. The van der Waals surface area contributed by atoms with E-state index >= 15 is 0 Å². The number of nitrogen functional groups attached to an aromatic ring is 1. The van der Waals surface area contributed by atoms with Crippen LogP contribution in [0.25, 0.3) is 11.1 Å². The highest BCUT2D eigenvalue weighted by Crippen LogP contribution is 2.27. The second kappa shape index (κ2) is 5.49. The molecule has 3 N–H and O–H groups in total. The van der Waals surface area contributed by atoms with Crippen molar-refractivity contribution in [2.75, 3.05) is 7.11 Å². The third kappa shape index (κ3) is 2.71. The van der Waals surface area contributed by atoms with Gasteiger partial charge in [-0.25, -0.2) is 10.2 Å². The summed E-state index contributed by atoms with van der Waals surface area (Å²) < 4.78 is 18.0. The summed E-state index contributed by atoms with van der Waals surface area (Å²) in [5.74, 6) is 4.78. The standard InChI is InChI=1S/C14H13FN2O2/c1-19-13-8-10(4-7-12(13)14(18)17-16)9-2-5-11(15)6-3-9/h2-8H,16H2,1H3,(H,17,18). The van der Waals surface area contributed by atoms with E-state index in [0.29, 0.717) is 11.3 Å². The molecule has 0 saturated heterocycles. The quantitative estimate of drug-likeness (QED) is 0.504. The van der Waals surface area contributed by atoms with E-state index in [1.165, 1.54) is 19.2 Å². The molecule has 0 heterocycles. The summed E-state index contributed by atoms with van der Waals surface area (Å²) in [6.45, 7) is 0. The first-order valence-electron chi connectivity index (χ1n) is 5.60. The van der Waals surface area contributed by atoms with Crippen LogP contribution in [0.1, 0.15) is 10.4 Å². The number of ether oxygens (including phenoxy) is 1. The molecular weight excluding hydrogens is 247 g/mol. The van der Waals surface area contributed by atoms with Crippen LogP contribution in [0, 0.1) is 5.82 Å². The van der Waals surface area contributed by atoms with Gasteiger partial charge in [-0.15, -0.1) is 0 Å². The van der Waals surface area contributed by atoms with Gasteiger partial charge in [0.15, 0.2) is 0 Å². The van der Waals surface area contributed by atoms with E-state index in [4.69, 9.17) is 10.6 Å². The van der Waals surface area contributed by atoms with E-state index in [-0.39, 0.29) is 5.82 Å². The second-order valence-corrected chi connectivity index (χ2v) is 3.90. The molecule has 0 spiro atoms. The van der Waals surface area contributed by atoms with Gasteiger partial charge in [-0.1, -0.05) is 18.2 Å². The van der Waals surface area contributed by atoms with Gasteiger partial charge in [-0.05, 0) is 35.4 Å². The summed E-state index contributed by atoms with van der Waals surface area (Å²) in [5.41, 5.74) is 4.05. The fraction of sp³-hybridized carbons (Fsp3) is 0.0714. The molecule has 2 rings (SSSR count). The number of hydrogen-bond acceptors (Lipinski definition) is 3. The summed E-state index contributed by atoms with van der Waals surface area (Å²) in [6.07, 6.45) is 0. The highest BCUT2D eigenvalue weighted by atomic mass is 19.1. The zero-order valence-electron chi connectivity index (χ0n) is 10.3. The predicted octanol–water partition coefficient (Wildman–Crippen LogP) is 2.10. The Labute approximate surface area is 110 Å². The topological polar surface area (TPSA) is 64.3 Å². The number of carbonyl (C=O) groups excluding carboxylic acids is 1. The molecule has 0 aromatic heterocycles. The summed E-state index contributed by atoms with van der Waals surface area (Å²) in [7, 11) is 1.47. The van der Waals surface area contributed by atoms with Crippen LogP contribution in [0.4, 0.5) is 4.39 Å². The number of hydrazine groups is 1. The van der Waals surface area contributed by atoms with Crippen LogP contribution in [0.5, 0.6) is 5.75 Å². The minimum Gasteiger partial charge on any atom is -0.496 e. The number of benzene rings is 2. The molecule has 0 unspecified atom stereocenters. The summed E-state index contributed by atoms with van der Waals surface area (Å²) >= 11 is 0. The largest absolute Gasteiger partial charge is 0.496 e. The van der Waals surface area contributed by atoms with Gasteiger partial charge in [0.05, 0.1) is 12.7 Å². The number of hydrogen-bond donors (Lipinski definition) is 2. The van der Waals surface area contributed by atoms with Crippen molar-refractivity contribution < 1.29 is 13.9 Å². The predicted molar refractivity (Wildman–Crippen MR) is 70.0 cm³/mol. The molecule has 98 valence electrons. The first-order valence-corrected chi connectivity index (χ1v) is 5.60. The first-order chi connectivity index (χ1) is 9.15. The average Bonchev–Trinajstić information content (AvgIpc) is 2.46. The van der Waals surface area contributed by atoms with Crippen LogP contribution < -0.4 is 16.0 Å². The van der Waals surface area contributed by atoms with Crippen LogP contribution in [0.3, 0.4) is 0 Å². The molecule has 4 nitrogen and oxygen atoms in total. The molecule has 0 fully saturated rings. The minimum atomic E-state index is -0.428. The summed E-state index contributed by atoms with van der Waals surface area (Å²) in [6, 6.07) is 11.1. The third-order valence-corrected chi connectivity index (χ3v) is 2.75. The number of carbonyl (C=O) groups is 1. The van der Waals surface area contributed by atoms with E-state index in [9.17, 15) is 9.18 Å². The molecule has 0 aliphatic heterocycles. The number of halogens is 1. The molecular formula is C14H13FN2O2. The van der Waals surface area contributed by atoms with Gasteiger partial charge in [0, 0.05) is 0 Å². The van der Waals surface area contributed by atoms with Crippen LogP contribution in [0.15, 0.2) is 42.5 Å². The van der Waals surface area contributed by atoms with Crippen LogP contribution in [0.2, 0.25) is 0 Å². The first kappa shape index (κ1) is 13.0. The van der Waals surface area contributed by atoms with Crippen molar-refractivity contribution >= 4 is 5.91 Å². The Morgan fingerprint density at radius 1 is 1.16 bits per heavy atom. The molecule has 0 aliphatic rings. The smallest absolute Gasteiger partial charge is 0.268 e. The van der Waals surface area contributed by atoms with Crippen molar-refractivity contribution in [2.24, 2.45) is 5.84 Å². The van der Waals surface area contributed by atoms with Gasteiger partial charge < -0.3 is 4.74 Å². The molecule has 0 saturated carbocycles. The fourth-order valence-electron chi connectivity index (χ4n) is 1.78.